The van der Waals surface area contributed by atoms with E-state index in [0.29, 0.717) is 27.9 Å². The molecule has 0 fully saturated rings. The summed E-state index contributed by atoms with van der Waals surface area (Å²) in [7, 11) is 1.51. The van der Waals surface area contributed by atoms with E-state index in [2.05, 4.69) is 5.32 Å². The van der Waals surface area contributed by atoms with E-state index in [1.807, 2.05) is 0 Å². The van der Waals surface area contributed by atoms with E-state index in [4.69, 9.17) is 33.7 Å². The number of hydrogen-bond acceptors (Lipinski definition) is 3. The van der Waals surface area contributed by atoms with Gasteiger partial charge in [-0.15, -0.1) is 0 Å². The minimum atomic E-state index is -0.247. The van der Waals surface area contributed by atoms with Gasteiger partial charge in [0.05, 0.1) is 18.7 Å². The zero-order valence-electron chi connectivity index (χ0n) is 8.72. The van der Waals surface area contributed by atoms with E-state index < -0.39 is 0 Å². The Morgan fingerprint density at radius 2 is 2.12 bits per heavy atom. The smallest absolute Gasteiger partial charge is 0.234 e. The van der Waals surface area contributed by atoms with E-state index in [9.17, 15) is 4.79 Å². The first-order valence-electron chi connectivity index (χ1n) is 4.57. The molecule has 0 atom stereocenters. The van der Waals surface area contributed by atoms with Crippen LogP contribution in [0.5, 0.6) is 5.75 Å². The van der Waals surface area contributed by atoms with Gasteiger partial charge in [-0.3, -0.25) is 4.79 Å². The highest BCUT2D eigenvalue weighted by Crippen LogP contribution is 2.30. The summed E-state index contributed by atoms with van der Waals surface area (Å²) in [6.07, 6.45) is 0. The topological polar surface area (TPSA) is 64.3 Å². The molecular weight excluding hydrogens is 251 g/mol. The maximum absolute atomic E-state index is 11.0. The molecule has 1 amide bonds. The van der Waals surface area contributed by atoms with Crippen LogP contribution in [0.3, 0.4) is 0 Å². The Balaban J connectivity index is 2.81. The van der Waals surface area contributed by atoms with Crippen LogP contribution in [0.1, 0.15) is 5.56 Å². The molecule has 0 unspecified atom stereocenters. The Morgan fingerprint density at radius 3 is 2.69 bits per heavy atom. The second-order valence-corrected chi connectivity index (χ2v) is 3.87. The van der Waals surface area contributed by atoms with E-state index >= 15 is 0 Å². The molecular formula is C10H12Cl2N2O2. The van der Waals surface area contributed by atoms with Crippen LogP contribution in [0.2, 0.25) is 10.0 Å². The molecule has 0 aliphatic rings. The Hall–Kier alpha value is -0.970. The molecule has 6 heteroatoms. The summed E-state index contributed by atoms with van der Waals surface area (Å²) in [5, 5.41) is 3.54. The zero-order chi connectivity index (χ0) is 12.1. The van der Waals surface area contributed by atoms with Crippen molar-refractivity contribution in [3.8, 4) is 5.75 Å². The molecule has 1 aromatic rings. The number of rotatable bonds is 4. The highest BCUT2D eigenvalue weighted by molar-refractivity contribution is 6.34. The molecule has 0 heterocycles. The molecule has 0 aromatic heterocycles. The first-order chi connectivity index (χ1) is 7.58. The normalized spacial score (nSPS) is 10.0. The molecule has 4 nitrogen and oxygen atoms in total. The molecule has 1 rings (SSSR count). The highest BCUT2D eigenvalue weighted by atomic mass is 35.5. The van der Waals surface area contributed by atoms with Crippen molar-refractivity contribution in [3.05, 3.63) is 27.7 Å². The van der Waals surface area contributed by atoms with Gasteiger partial charge in [0, 0.05) is 17.6 Å². The maximum Gasteiger partial charge on any atom is 0.234 e. The Bertz CT molecular complexity index is 397. The standard InChI is InChI=1S/C10H12Cl2N2O2/c1-16-9-3-7(11)6(2-8(9)12)5-14-10(15)4-13/h2-3H,4-5,13H2,1H3,(H,14,15). The van der Waals surface area contributed by atoms with Crippen molar-refractivity contribution < 1.29 is 9.53 Å². The number of nitrogens with one attached hydrogen (secondary N) is 1. The lowest BCUT2D eigenvalue weighted by Gasteiger charge is -2.09. The number of halogens is 2. The van der Waals surface area contributed by atoms with Gasteiger partial charge in [-0.05, 0) is 11.6 Å². The van der Waals surface area contributed by atoms with Crippen molar-refractivity contribution in [2.24, 2.45) is 5.73 Å². The molecule has 0 spiro atoms. The SMILES string of the molecule is COc1cc(Cl)c(CNC(=O)CN)cc1Cl. The van der Waals surface area contributed by atoms with Gasteiger partial charge < -0.3 is 15.8 Å². The summed E-state index contributed by atoms with van der Waals surface area (Å²) in [5.41, 5.74) is 5.88. The Labute approximate surface area is 104 Å². The van der Waals surface area contributed by atoms with Crippen molar-refractivity contribution in [2.45, 2.75) is 6.54 Å². The van der Waals surface area contributed by atoms with Crippen molar-refractivity contribution in [3.63, 3.8) is 0 Å². The third kappa shape index (κ3) is 3.27. The summed E-state index contributed by atoms with van der Waals surface area (Å²) in [6.45, 7) is 0.236. The van der Waals surface area contributed by atoms with Crippen molar-refractivity contribution in [1.82, 2.24) is 5.32 Å². The van der Waals surface area contributed by atoms with Gasteiger partial charge in [0.15, 0.2) is 0 Å². The van der Waals surface area contributed by atoms with Crippen LogP contribution in [0.15, 0.2) is 12.1 Å². The molecule has 16 heavy (non-hydrogen) atoms. The second kappa shape index (κ2) is 5.94. The predicted molar refractivity (Wildman–Crippen MR) is 63.9 cm³/mol. The van der Waals surface area contributed by atoms with Gasteiger partial charge in [-0.2, -0.15) is 0 Å². The average Bonchev–Trinajstić information content (AvgIpc) is 2.29. The molecule has 0 bridgehead atoms. The van der Waals surface area contributed by atoms with Gasteiger partial charge in [-0.1, -0.05) is 23.2 Å². The molecule has 88 valence electrons. The lowest BCUT2D eigenvalue weighted by molar-refractivity contribution is -0.119. The van der Waals surface area contributed by atoms with E-state index in [0.717, 1.165) is 0 Å². The second-order valence-electron chi connectivity index (χ2n) is 3.06. The molecule has 0 aliphatic carbocycles. The summed E-state index contributed by atoms with van der Waals surface area (Å²) in [4.78, 5) is 11.0. The lowest BCUT2D eigenvalue weighted by Crippen LogP contribution is -2.29. The van der Waals surface area contributed by atoms with Crippen LogP contribution < -0.4 is 15.8 Å². The first-order valence-corrected chi connectivity index (χ1v) is 5.32. The number of amides is 1. The largest absolute Gasteiger partial charge is 0.495 e. The molecule has 0 radical (unpaired) electrons. The Kier molecular flexibility index (Phi) is 4.86. The lowest BCUT2D eigenvalue weighted by atomic mass is 10.2. The predicted octanol–water partition coefficient (Wildman–Crippen LogP) is 1.58. The van der Waals surface area contributed by atoms with Gasteiger partial charge in [-0.25, -0.2) is 0 Å². The number of benzene rings is 1. The maximum atomic E-state index is 11.0. The van der Waals surface area contributed by atoms with Crippen LogP contribution >= 0.6 is 23.2 Å². The monoisotopic (exact) mass is 262 g/mol. The summed E-state index contributed by atoms with van der Waals surface area (Å²) >= 11 is 11.9. The fraction of sp³-hybridized carbons (Fsp3) is 0.300. The van der Waals surface area contributed by atoms with E-state index in [-0.39, 0.29) is 12.5 Å². The molecule has 0 aliphatic heterocycles. The van der Waals surface area contributed by atoms with Crippen LogP contribution in [0.25, 0.3) is 0 Å². The fourth-order valence-corrected chi connectivity index (χ4v) is 1.61. The van der Waals surface area contributed by atoms with Crippen LogP contribution in [-0.2, 0) is 11.3 Å². The molecule has 0 saturated heterocycles. The van der Waals surface area contributed by atoms with Crippen molar-refractivity contribution in [2.75, 3.05) is 13.7 Å². The number of methoxy groups -OCH3 is 1. The first kappa shape index (κ1) is 13.1. The molecule has 3 N–H and O–H groups in total. The minimum Gasteiger partial charge on any atom is -0.495 e. The number of ether oxygens (including phenoxy) is 1. The number of hydrogen-bond donors (Lipinski definition) is 2. The fourth-order valence-electron chi connectivity index (χ4n) is 1.13. The van der Waals surface area contributed by atoms with Crippen LogP contribution in [0, 0.1) is 0 Å². The van der Waals surface area contributed by atoms with E-state index in [1.165, 1.54) is 7.11 Å². The number of carbonyl (C=O) groups excluding carboxylic acids is 1. The van der Waals surface area contributed by atoms with Gasteiger partial charge in [0.1, 0.15) is 5.75 Å². The van der Waals surface area contributed by atoms with Crippen LogP contribution in [0.4, 0.5) is 0 Å². The van der Waals surface area contributed by atoms with Gasteiger partial charge >= 0.3 is 0 Å². The minimum absolute atomic E-state index is 0.0541. The zero-order valence-corrected chi connectivity index (χ0v) is 10.2. The van der Waals surface area contributed by atoms with Crippen LogP contribution in [-0.4, -0.2) is 19.6 Å². The van der Waals surface area contributed by atoms with Gasteiger partial charge in [0.2, 0.25) is 5.91 Å². The summed E-state index contributed by atoms with van der Waals surface area (Å²) in [5.74, 6) is 0.253. The third-order valence-corrected chi connectivity index (χ3v) is 2.63. The highest BCUT2D eigenvalue weighted by Gasteiger charge is 2.08. The molecule has 0 saturated carbocycles. The molecule has 1 aromatic carbocycles. The van der Waals surface area contributed by atoms with E-state index in [1.54, 1.807) is 12.1 Å². The Morgan fingerprint density at radius 1 is 1.44 bits per heavy atom. The summed E-state index contributed by atoms with van der Waals surface area (Å²) < 4.78 is 5.00. The third-order valence-electron chi connectivity index (χ3n) is 1.98. The summed E-state index contributed by atoms with van der Waals surface area (Å²) in [6, 6.07) is 3.26. The van der Waals surface area contributed by atoms with Gasteiger partial charge in [0.25, 0.3) is 0 Å². The quantitative estimate of drug-likeness (QED) is 0.866. The van der Waals surface area contributed by atoms with Crippen molar-refractivity contribution >= 4 is 29.1 Å². The number of nitrogens with two attached hydrogens (primary N) is 1. The number of carbonyl (C=O) groups is 1. The average molecular weight is 263 g/mol. The van der Waals surface area contributed by atoms with Crippen molar-refractivity contribution in [1.29, 1.82) is 0 Å².